The number of alkyl halides is 3. The van der Waals surface area contributed by atoms with Crippen LogP contribution in [0.4, 0.5) is 18.9 Å². The highest BCUT2D eigenvalue weighted by Crippen LogP contribution is 2.30. The average molecular weight is 532 g/mol. The summed E-state index contributed by atoms with van der Waals surface area (Å²) in [6.45, 7) is 8.28. The molecule has 0 amide bonds. The first-order valence-electron chi connectivity index (χ1n) is 13.3. The largest absolute Gasteiger partial charge is 0.416 e. The van der Waals surface area contributed by atoms with Crippen LogP contribution >= 0.6 is 0 Å². The van der Waals surface area contributed by atoms with Gasteiger partial charge in [-0.25, -0.2) is 4.98 Å². The first-order chi connectivity index (χ1) is 18.5. The molecule has 0 radical (unpaired) electrons. The number of nitrogens with zero attached hydrogens (tertiary/aromatic N) is 3. The molecule has 0 atom stereocenters. The summed E-state index contributed by atoms with van der Waals surface area (Å²) in [7, 11) is 0. The van der Waals surface area contributed by atoms with Crippen molar-refractivity contribution in [1.82, 2.24) is 9.55 Å². The fourth-order valence-corrected chi connectivity index (χ4v) is 4.97. The van der Waals surface area contributed by atoms with Gasteiger partial charge in [-0.2, -0.15) is 13.2 Å². The number of anilines is 1. The van der Waals surface area contributed by atoms with Crippen LogP contribution in [0.25, 0.3) is 28.7 Å². The Morgan fingerprint density at radius 2 is 1.51 bits per heavy atom. The smallest absolute Gasteiger partial charge is 0.372 e. The van der Waals surface area contributed by atoms with Crippen LogP contribution in [0.1, 0.15) is 62.5 Å². The molecule has 202 valence electrons. The van der Waals surface area contributed by atoms with Crippen LogP contribution in [0.3, 0.4) is 0 Å². The maximum atomic E-state index is 14.1. The molecule has 4 aromatic rings. The highest BCUT2D eigenvalue weighted by Gasteiger charge is 2.29. The van der Waals surface area contributed by atoms with Crippen molar-refractivity contribution >= 4 is 28.7 Å². The predicted octanol–water partition coefficient (Wildman–Crippen LogP) is 7.86. The molecule has 1 saturated heterocycles. The first-order valence-corrected chi connectivity index (χ1v) is 13.3. The molecule has 4 nitrogen and oxygen atoms in total. The maximum Gasteiger partial charge on any atom is 0.416 e. The van der Waals surface area contributed by atoms with E-state index in [2.05, 4.69) is 25.7 Å². The normalized spacial score (nSPS) is 14.9. The third-order valence-electron chi connectivity index (χ3n) is 7.23. The quantitative estimate of drug-likeness (QED) is 0.269. The third kappa shape index (κ3) is 5.77. The molecule has 0 unspecified atom stereocenters. The molecule has 0 bridgehead atoms. The fourth-order valence-electron chi connectivity index (χ4n) is 4.97. The molecule has 3 aromatic carbocycles. The monoisotopic (exact) mass is 531 g/mol. The number of benzene rings is 3. The molecule has 0 aliphatic carbocycles. The second-order valence-corrected chi connectivity index (χ2v) is 11.1. The van der Waals surface area contributed by atoms with E-state index < -0.39 is 11.7 Å². The molecular formula is C32H32F3N3O. The molecular weight excluding hydrogens is 499 g/mol. The minimum atomic E-state index is -4.40. The SMILES string of the molecule is CC(C)(C)c1cccc(-n2c(/C=C/c3ccc(C(F)(F)F)cc3)nc3ccc(N4CCCCC4)cc3c2=O)c1. The lowest BCUT2D eigenvalue weighted by molar-refractivity contribution is -0.137. The highest BCUT2D eigenvalue weighted by molar-refractivity contribution is 5.83. The van der Waals surface area contributed by atoms with E-state index in [0.29, 0.717) is 28.0 Å². The van der Waals surface area contributed by atoms with Crippen molar-refractivity contribution in [2.24, 2.45) is 0 Å². The van der Waals surface area contributed by atoms with E-state index >= 15 is 0 Å². The minimum absolute atomic E-state index is 0.123. The van der Waals surface area contributed by atoms with Crippen LogP contribution < -0.4 is 10.5 Å². The summed E-state index contributed by atoms with van der Waals surface area (Å²) in [4.78, 5) is 21.2. The number of rotatable bonds is 4. The molecule has 1 aromatic heterocycles. The third-order valence-corrected chi connectivity index (χ3v) is 7.23. The summed E-state index contributed by atoms with van der Waals surface area (Å²) in [6, 6.07) is 18.6. The molecule has 1 fully saturated rings. The molecule has 0 N–H and O–H groups in total. The summed E-state index contributed by atoms with van der Waals surface area (Å²) < 4.78 is 40.6. The molecule has 2 heterocycles. The van der Waals surface area contributed by atoms with E-state index in [1.165, 1.54) is 18.6 Å². The minimum Gasteiger partial charge on any atom is -0.372 e. The number of fused-ring (bicyclic) bond motifs is 1. The topological polar surface area (TPSA) is 38.1 Å². The van der Waals surface area contributed by atoms with Crippen molar-refractivity contribution in [1.29, 1.82) is 0 Å². The number of aromatic nitrogens is 2. The standard InChI is InChI=1S/C32H32F3N3O/c1-31(2,3)24-8-7-9-26(20-24)38-29(17-12-22-10-13-23(14-11-22)32(33,34)35)36-28-16-15-25(21-27(28)30(38)39)37-18-5-4-6-19-37/h7-17,20-21H,4-6,18-19H2,1-3H3/b17-12+. The van der Waals surface area contributed by atoms with Crippen molar-refractivity contribution in [3.8, 4) is 5.69 Å². The zero-order valence-corrected chi connectivity index (χ0v) is 22.4. The molecule has 39 heavy (non-hydrogen) atoms. The van der Waals surface area contributed by atoms with Gasteiger partial charge >= 0.3 is 6.18 Å². The van der Waals surface area contributed by atoms with Crippen molar-refractivity contribution < 1.29 is 13.2 Å². The van der Waals surface area contributed by atoms with Gasteiger partial charge in [-0.05, 0) is 84.3 Å². The van der Waals surface area contributed by atoms with E-state index in [0.717, 1.165) is 49.3 Å². The Balaban J connectivity index is 1.64. The van der Waals surface area contributed by atoms with Crippen LogP contribution in [0.15, 0.2) is 71.5 Å². The van der Waals surface area contributed by atoms with Gasteiger partial charge in [0.1, 0.15) is 5.82 Å². The summed E-state index contributed by atoms with van der Waals surface area (Å²) in [5.74, 6) is 0.407. The lowest BCUT2D eigenvalue weighted by atomic mass is 9.87. The van der Waals surface area contributed by atoms with Gasteiger partial charge in [0, 0.05) is 18.8 Å². The van der Waals surface area contributed by atoms with Gasteiger partial charge in [0.15, 0.2) is 0 Å². The molecule has 1 aliphatic heterocycles. The van der Waals surface area contributed by atoms with Crippen LogP contribution in [0, 0.1) is 0 Å². The number of hydrogen-bond acceptors (Lipinski definition) is 3. The Kier molecular flexibility index (Phi) is 7.10. The molecule has 0 spiro atoms. The summed E-state index contributed by atoms with van der Waals surface area (Å²) >= 11 is 0. The van der Waals surface area contributed by atoms with E-state index in [1.807, 2.05) is 42.5 Å². The molecule has 7 heteroatoms. The Labute approximate surface area is 226 Å². The molecule has 0 saturated carbocycles. The van der Waals surface area contributed by atoms with E-state index in [9.17, 15) is 18.0 Å². The van der Waals surface area contributed by atoms with Gasteiger partial charge in [0.25, 0.3) is 5.56 Å². The second-order valence-electron chi connectivity index (χ2n) is 11.1. The Bertz CT molecular complexity index is 1570. The van der Waals surface area contributed by atoms with Crippen molar-refractivity contribution in [2.75, 3.05) is 18.0 Å². The lowest BCUT2D eigenvalue weighted by Gasteiger charge is -2.29. The fraction of sp³-hybridized carbons (Fsp3) is 0.312. The zero-order valence-electron chi connectivity index (χ0n) is 22.4. The van der Waals surface area contributed by atoms with E-state index in [4.69, 9.17) is 4.98 Å². The number of halogens is 3. The summed E-state index contributed by atoms with van der Waals surface area (Å²) in [5, 5.41) is 0.533. The van der Waals surface area contributed by atoms with Gasteiger partial charge in [-0.3, -0.25) is 9.36 Å². The average Bonchev–Trinajstić information content (AvgIpc) is 2.91. The van der Waals surface area contributed by atoms with E-state index in [1.54, 1.807) is 16.7 Å². The highest BCUT2D eigenvalue weighted by atomic mass is 19.4. The lowest BCUT2D eigenvalue weighted by Crippen LogP contribution is -2.29. The summed E-state index contributed by atoms with van der Waals surface area (Å²) in [5.41, 5.74) is 2.93. The molecule has 1 aliphatic rings. The van der Waals surface area contributed by atoms with E-state index in [-0.39, 0.29) is 11.0 Å². The van der Waals surface area contributed by atoms with Crippen molar-refractivity contribution in [3.63, 3.8) is 0 Å². The Hall–Kier alpha value is -3.87. The second kappa shape index (κ2) is 10.4. The predicted molar refractivity (Wildman–Crippen MR) is 152 cm³/mol. The van der Waals surface area contributed by atoms with Crippen LogP contribution in [0.5, 0.6) is 0 Å². The number of piperidine rings is 1. The van der Waals surface area contributed by atoms with Gasteiger partial charge in [-0.15, -0.1) is 0 Å². The zero-order chi connectivity index (χ0) is 27.8. The first kappa shape index (κ1) is 26.7. The van der Waals surface area contributed by atoms with Gasteiger partial charge in [0.2, 0.25) is 0 Å². The van der Waals surface area contributed by atoms with Crippen molar-refractivity contribution in [3.05, 3.63) is 99.6 Å². The van der Waals surface area contributed by atoms with Crippen LogP contribution in [-0.2, 0) is 11.6 Å². The summed E-state index contributed by atoms with van der Waals surface area (Å²) in [6.07, 6.45) is 2.46. The van der Waals surface area contributed by atoms with Crippen LogP contribution in [-0.4, -0.2) is 22.6 Å². The van der Waals surface area contributed by atoms with Gasteiger partial charge in [-0.1, -0.05) is 51.1 Å². The Morgan fingerprint density at radius 3 is 2.18 bits per heavy atom. The van der Waals surface area contributed by atoms with Gasteiger partial charge in [0.05, 0.1) is 22.2 Å². The number of hydrogen-bond donors (Lipinski definition) is 0. The Morgan fingerprint density at radius 1 is 0.795 bits per heavy atom. The maximum absolute atomic E-state index is 14.1. The van der Waals surface area contributed by atoms with Crippen LogP contribution in [0.2, 0.25) is 0 Å². The van der Waals surface area contributed by atoms with Crippen molar-refractivity contribution in [2.45, 2.75) is 51.6 Å². The van der Waals surface area contributed by atoms with Gasteiger partial charge < -0.3 is 4.90 Å². The molecule has 5 rings (SSSR count).